The lowest BCUT2D eigenvalue weighted by atomic mass is 10.0. The van der Waals surface area contributed by atoms with Gasteiger partial charge in [-0.3, -0.25) is 0 Å². The Bertz CT molecular complexity index is 604. The Balaban J connectivity index is 2.65. The molecule has 0 unspecified atom stereocenters. The molecule has 0 radical (unpaired) electrons. The number of nitrogens with zero attached hydrogens (tertiary/aromatic N) is 1. The summed E-state index contributed by atoms with van der Waals surface area (Å²) in [6, 6.07) is 5.71. The molecule has 2 aromatic rings. The maximum atomic E-state index is 11.8. The van der Waals surface area contributed by atoms with Gasteiger partial charge in [-0.25, -0.2) is 4.79 Å². The van der Waals surface area contributed by atoms with Crippen molar-refractivity contribution in [3.8, 4) is 11.3 Å². The Morgan fingerprint density at radius 2 is 2.11 bits per heavy atom. The van der Waals surface area contributed by atoms with Crippen LogP contribution in [0.3, 0.4) is 0 Å². The summed E-state index contributed by atoms with van der Waals surface area (Å²) in [5.41, 5.74) is 2.73. The molecule has 94 valence electrons. The van der Waals surface area contributed by atoms with Crippen LogP contribution < -0.4 is 0 Å². The third-order valence-corrected chi connectivity index (χ3v) is 3.63. The Morgan fingerprint density at radius 3 is 2.78 bits per heavy atom. The molecule has 4 nitrogen and oxygen atoms in total. The molecule has 0 atom stereocenters. The highest BCUT2D eigenvalue weighted by atomic mass is 79.9. The second-order valence-electron chi connectivity index (χ2n) is 3.87. The molecule has 0 fully saturated rings. The minimum absolute atomic E-state index is 0.374. The van der Waals surface area contributed by atoms with E-state index in [9.17, 15) is 4.79 Å². The van der Waals surface area contributed by atoms with E-state index in [2.05, 4.69) is 21.1 Å². The Morgan fingerprint density at radius 1 is 1.39 bits per heavy atom. The number of halogens is 1. The van der Waals surface area contributed by atoms with Crippen LogP contribution in [0.4, 0.5) is 0 Å². The van der Waals surface area contributed by atoms with Gasteiger partial charge < -0.3 is 9.26 Å². The predicted octanol–water partition coefficient (Wildman–Crippen LogP) is 3.51. The standard InChI is InChI=1S/C13H12BrNO3/c1-7-9(5-4-6-10(7)14)12-11(13(16)17-3)8(2)18-15-12/h4-6H,1-3H3. The first kappa shape index (κ1) is 12.8. The SMILES string of the molecule is COC(=O)c1c(-c2cccc(Br)c2C)noc1C. The van der Waals surface area contributed by atoms with Crippen molar-refractivity contribution in [1.82, 2.24) is 5.16 Å². The van der Waals surface area contributed by atoms with E-state index in [1.54, 1.807) is 6.92 Å². The van der Waals surface area contributed by atoms with Gasteiger partial charge in [-0.2, -0.15) is 0 Å². The predicted molar refractivity (Wildman–Crippen MR) is 70.5 cm³/mol. The molecule has 0 spiro atoms. The number of carbonyl (C=O) groups is 1. The van der Waals surface area contributed by atoms with E-state index >= 15 is 0 Å². The smallest absolute Gasteiger partial charge is 0.343 e. The van der Waals surface area contributed by atoms with E-state index < -0.39 is 5.97 Å². The molecule has 0 bridgehead atoms. The zero-order chi connectivity index (χ0) is 13.3. The van der Waals surface area contributed by atoms with Crippen molar-refractivity contribution in [2.75, 3.05) is 7.11 Å². The Hall–Kier alpha value is -1.62. The summed E-state index contributed by atoms with van der Waals surface area (Å²) in [7, 11) is 1.34. The number of aromatic nitrogens is 1. The van der Waals surface area contributed by atoms with Gasteiger partial charge in [-0.15, -0.1) is 0 Å². The zero-order valence-electron chi connectivity index (χ0n) is 10.3. The van der Waals surface area contributed by atoms with Gasteiger partial charge in [0.25, 0.3) is 0 Å². The van der Waals surface area contributed by atoms with Crippen LogP contribution in [-0.4, -0.2) is 18.2 Å². The average molecular weight is 310 g/mol. The van der Waals surface area contributed by atoms with Gasteiger partial charge in [0.15, 0.2) is 0 Å². The Kier molecular flexibility index (Phi) is 3.52. The fraction of sp³-hybridized carbons (Fsp3) is 0.231. The highest BCUT2D eigenvalue weighted by Crippen LogP contribution is 2.31. The normalized spacial score (nSPS) is 10.4. The summed E-state index contributed by atoms with van der Waals surface area (Å²) in [6.45, 7) is 3.64. The molecule has 2 rings (SSSR count). The van der Waals surface area contributed by atoms with Crippen LogP contribution in [-0.2, 0) is 4.74 Å². The number of rotatable bonds is 2. The molecule has 1 heterocycles. The number of benzene rings is 1. The monoisotopic (exact) mass is 309 g/mol. The van der Waals surface area contributed by atoms with Crippen LogP contribution >= 0.6 is 15.9 Å². The molecule has 0 saturated carbocycles. The van der Waals surface area contributed by atoms with Crippen LogP contribution in [0.25, 0.3) is 11.3 Å². The zero-order valence-corrected chi connectivity index (χ0v) is 11.9. The quantitative estimate of drug-likeness (QED) is 0.797. The summed E-state index contributed by atoms with van der Waals surface area (Å²) in [6.07, 6.45) is 0. The van der Waals surface area contributed by atoms with E-state index in [1.807, 2.05) is 25.1 Å². The van der Waals surface area contributed by atoms with Gasteiger partial charge in [-0.1, -0.05) is 33.2 Å². The summed E-state index contributed by atoms with van der Waals surface area (Å²) in [4.78, 5) is 11.8. The molecule has 18 heavy (non-hydrogen) atoms. The Labute approximate surface area is 113 Å². The average Bonchev–Trinajstić information content (AvgIpc) is 2.73. The molecule has 1 aromatic carbocycles. The number of aryl methyl sites for hydroxylation is 1. The number of ether oxygens (including phenoxy) is 1. The summed E-state index contributed by atoms with van der Waals surface area (Å²) in [5.74, 6) is 0.0133. The van der Waals surface area contributed by atoms with Crippen molar-refractivity contribution >= 4 is 21.9 Å². The third kappa shape index (κ3) is 2.06. The van der Waals surface area contributed by atoms with Gasteiger partial charge in [0.2, 0.25) is 0 Å². The molecule has 5 heteroatoms. The van der Waals surface area contributed by atoms with Crippen molar-refractivity contribution < 1.29 is 14.1 Å². The third-order valence-electron chi connectivity index (χ3n) is 2.78. The second kappa shape index (κ2) is 4.94. The maximum Gasteiger partial charge on any atom is 0.343 e. The van der Waals surface area contributed by atoms with Crippen molar-refractivity contribution in [2.45, 2.75) is 13.8 Å². The molecule has 0 aliphatic rings. The van der Waals surface area contributed by atoms with E-state index in [0.717, 1.165) is 15.6 Å². The second-order valence-corrected chi connectivity index (χ2v) is 4.72. The lowest BCUT2D eigenvalue weighted by molar-refractivity contribution is 0.0599. The lowest BCUT2D eigenvalue weighted by Crippen LogP contribution is -2.04. The highest BCUT2D eigenvalue weighted by Gasteiger charge is 2.23. The molecular weight excluding hydrogens is 298 g/mol. The first-order valence-corrected chi connectivity index (χ1v) is 6.15. The fourth-order valence-electron chi connectivity index (χ4n) is 1.76. The lowest BCUT2D eigenvalue weighted by Gasteiger charge is -2.06. The number of hydrogen-bond acceptors (Lipinski definition) is 4. The van der Waals surface area contributed by atoms with Crippen LogP contribution in [0.5, 0.6) is 0 Å². The van der Waals surface area contributed by atoms with Crippen LogP contribution in [0.15, 0.2) is 27.2 Å². The van der Waals surface area contributed by atoms with E-state index in [0.29, 0.717) is 17.0 Å². The summed E-state index contributed by atoms with van der Waals surface area (Å²) < 4.78 is 10.8. The number of carbonyl (C=O) groups excluding carboxylic acids is 1. The van der Waals surface area contributed by atoms with E-state index in [1.165, 1.54) is 7.11 Å². The van der Waals surface area contributed by atoms with Gasteiger partial charge in [0.05, 0.1) is 7.11 Å². The van der Waals surface area contributed by atoms with Crippen LogP contribution in [0.1, 0.15) is 21.7 Å². The van der Waals surface area contributed by atoms with Crippen molar-refractivity contribution in [3.63, 3.8) is 0 Å². The fourth-order valence-corrected chi connectivity index (χ4v) is 2.13. The molecule has 0 saturated heterocycles. The number of hydrogen-bond donors (Lipinski definition) is 0. The first-order valence-electron chi connectivity index (χ1n) is 5.36. The van der Waals surface area contributed by atoms with Crippen LogP contribution in [0.2, 0.25) is 0 Å². The summed E-state index contributed by atoms with van der Waals surface area (Å²) >= 11 is 3.45. The number of methoxy groups -OCH3 is 1. The molecule has 1 aromatic heterocycles. The summed E-state index contributed by atoms with van der Waals surface area (Å²) in [5, 5.41) is 3.96. The van der Waals surface area contributed by atoms with Gasteiger partial charge in [-0.05, 0) is 25.5 Å². The molecule has 0 aliphatic carbocycles. The first-order chi connectivity index (χ1) is 8.56. The number of esters is 1. The van der Waals surface area contributed by atoms with Gasteiger partial charge >= 0.3 is 5.97 Å². The minimum Gasteiger partial charge on any atom is -0.465 e. The maximum absolute atomic E-state index is 11.8. The van der Waals surface area contributed by atoms with Crippen molar-refractivity contribution in [2.24, 2.45) is 0 Å². The highest BCUT2D eigenvalue weighted by molar-refractivity contribution is 9.10. The van der Waals surface area contributed by atoms with E-state index in [-0.39, 0.29) is 0 Å². The molecular formula is C13H12BrNO3. The van der Waals surface area contributed by atoms with Gasteiger partial charge in [0.1, 0.15) is 17.0 Å². The molecule has 0 N–H and O–H groups in total. The van der Waals surface area contributed by atoms with Gasteiger partial charge in [0, 0.05) is 10.0 Å². The molecule has 0 amide bonds. The minimum atomic E-state index is -0.442. The topological polar surface area (TPSA) is 52.3 Å². The van der Waals surface area contributed by atoms with E-state index in [4.69, 9.17) is 9.26 Å². The van der Waals surface area contributed by atoms with Crippen molar-refractivity contribution in [3.05, 3.63) is 39.6 Å². The molecule has 0 aliphatic heterocycles. The van der Waals surface area contributed by atoms with Crippen LogP contribution in [0, 0.1) is 13.8 Å². The largest absolute Gasteiger partial charge is 0.465 e. The van der Waals surface area contributed by atoms with Crippen molar-refractivity contribution in [1.29, 1.82) is 0 Å².